The Labute approximate surface area is 137 Å². The SMILES string of the molecule is CC1=NN(CC(=O)C2=CC=CC2)C(=O)C1(C)[C@@H]1CC2CCC1C2. The predicted molar refractivity (Wildman–Crippen MR) is 88.7 cm³/mol. The molecule has 0 aromatic carbocycles. The van der Waals surface area contributed by atoms with Crippen molar-refractivity contribution in [1.82, 2.24) is 5.01 Å². The lowest BCUT2D eigenvalue weighted by Crippen LogP contribution is -2.45. The summed E-state index contributed by atoms with van der Waals surface area (Å²) in [5.74, 6) is 1.92. The highest BCUT2D eigenvalue weighted by Crippen LogP contribution is 2.56. The predicted octanol–water partition coefficient (Wildman–Crippen LogP) is 3.10. The van der Waals surface area contributed by atoms with Crippen molar-refractivity contribution in [2.45, 2.75) is 46.0 Å². The van der Waals surface area contributed by atoms with Crippen LogP contribution in [-0.4, -0.2) is 29.0 Å². The molecule has 1 heterocycles. The van der Waals surface area contributed by atoms with Gasteiger partial charge in [0, 0.05) is 5.57 Å². The molecule has 1 amide bonds. The van der Waals surface area contributed by atoms with Crippen LogP contribution in [0.1, 0.15) is 46.0 Å². The van der Waals surface area contributed by atoms with E-state index in [9.17, 15) is 9.59 Å². The zero-order valence-corrected chi connectivity index (χ0v) is 13.9. The van der Waals surface area contributed by atoms with Crippen LogP contribution in [0.2, 0.25) is 0 Å². The number of Topliss-reactive ketones (excluding diaryl/α,β-unsaturated/α-hetero) is 1. The van der Waals surface area contributed by atoms with Crippen LogP contribution in [0.25, 0.3) is 0 Å². The molecule has 2 bridgehead atoms. The lowest BCUT2D eigenvalue weighted by atomic mass is 9.66. The normalized spacial score (nSPS) is 38.4. The minimum Gasteiger partial charge on any atom is -0.292 e. The fourth-order valence-electron chi connectivity index (χ4n) is 5.13. The van der Waals surface area contributed by atoms with E-state index in [1.165, 1.54) is 24.3 Å². The summed E-state index contributed by atoms with van der Waals surface area (Å²) in [6.45, 7) is 4.10. The summed E-state index contributed by atoms with van der Waals surface area (Å²) in [4.78, 5) is 25.4. The number of hydrazone groups is 1. The molecule has 1 aliphatic heterocycles. The summed E-state index contributed by atoms with van der Waals surface area (Å²) < 4.78 is 0. The Bertz CT molecular complexity index is 660. The summed E-state index contributed by atoms with van der Waals surface area (Å²) >= 11 is 0. The second-order valence-corrected chi connectivity index (χ2v) is 7.78. The monoisotopic (exact) mass is 312 g/mol. The van der Waals surface area contributed by atoms with Gasteiger partial charge in [-0.25, -0.2) is 5.01 Å². The first-order valence-corrected chi connectivity index (χ1v) is 8.76. The molecule has 4 heteroatoms. The molecule has 0 saturated heterocycles. The lowest BCUT2D eigenvalue weighted by molar-refractivity contribution is -0.140. The van der Waals surface area contributed by atoms with E-state index in [2.05, 4.69) is 12.0 Å². The van der Waals surface area contributed by atoms with Crippen molar-refractivity contribution in [3.05, 3.63) is 23.8 Å². The van der Waals surface area contributed by atoms with Gasteiger partial charge in [-0.3, -0.25) is 9.59 Å². The van der Waals surface area contributed by atoms with Crippen LogP contribution in [-0.2, 0) is 9.59 Å². The average molecular weight is 312 g/mol. The molecule has 2 fully saturated rings. The highest BCUT2D eigenvalue weighted by atomic mass is 16.2. The number of nitrogens with zero attached hydrogens (tertiary/aromatic N) is 2. The van der Waals surface area contributed by atoms with E-state index in [0.717, 1.165) is 23.6 Å². The molecule has 4 rings (SSSR count). The third-order valence-corrected chi connectivity index (χ3v) is 6.60. The summed E-state index contributed by atoms with van der Waals surface area (Å²) in [6.07, 6.45) is 11.4. The van der Waals surface area contributed by atoms with Gasteiger partial charge in [0.15, 0.2) is 5.78 Å². The van der Waals surface area contributed by atoms with E-state index < -0.39 is 5.41 Å². The van der Waals surface area contributed by atoms with Crippen LogP contribution in [0.5, 0.6) is 0 Å². The van der Waals surface area contributed by atoms with Crippen LogP contribution >= 0.6 is 0 Å². The maximum absolute atomic E-state index is 13.1. The molecule has 122 valence electrons. The number of amides is 1. The molecule has 4 aliphatic rings. The fraction of sp³-hybridized carbons (Fsp3) is 0.632. The van der Waals surface area contributed by atoms with E-state index in [1.807, 2.05) is 25.2 Å². The van der Waals surface area contributed by atoms with Gasteiger partial charge >= 0.3 is 0 Å². The van der Waals surface area contributed by atoms with Crippen LogP contribution in [0.4, 0.5) is 0 Å². The molecule has 0 radical (unpaired) electrons. The molecule has 0 aromatic heterocycles. The Morgan fingerprint density at radius 2 is 2.22 bits per heavy atom. The molecular formula is C19H24N2O2. The maximum atomic E-state index is 13.1. The van der Waals surface area contributed by atoms with Crippen molar-refractivity contribution in [2.75, 3.05) is 6.54 Å². The summed E-state index contributed by atoms with van der Waals surface area (Å²) in [5.41, 5.74) is 1.17. The quantitative estimate of drug-likeness (QED) is 0.801. The summed E-state index contributed by atoms with van der Waals surface area (Å²) in [7, 11) is 0. The smallest absolute Gasteiger partial charge is 0.255 e. The minimum atomic E-state index is -0.498. The van der Waals surface area contributed by atoms with Crippen molar-refractivity contribution in [1.29, 1.82) is 0 Å². The number of hydrogen-bond acceptors (Lipinski definition) is 3. The van der Waals surface area contributed by atoms with Crippen molar-refractivity contribution in [3.8, 4) is 0 Å². The first-order valence-electron chi connectivity index (χ1n) is 8.76. The number of ketones is 1. The molecule has 4 nitrogen and oxygen atoms in total. The largest absolute Gasteiger partial charge is 0.292 e. The number of fused-ring (bicyclic) bond motifs is 2. The Morgan fingerprint density at radius 3 is 2.83 bits per heavy atom. The van der Waals surface area contributed by atoms with Gasteiger partial charge in [-0.05, 0) is 57.3 Å². The molecule has 2 saturated carbocycles. The van der Waals surface area contributed by atoms with Crippen LogP contribution in [0.3, 0.4) is 0 Å². The number of allylic oxidation sites excluding steroid dienone is 3. The van der Waals surface area contributed by atoms with Crippen molar-refractivity contribution >= 4 is 17.4 Å². The van der Waals surface area contributed by atoms with Crippen molar-refractivity contribution < 1.29 is 9.59 Å². The van der Waals surface area contributed by atoms with E-state index >= 15 is 0 Å². The number of carbonyl (C=O) groups excluding carboxylic acids is 2. The van der Waals surface area contributed by atoms with Gasteiger partial charge in [0.25, 0.3) is 5.91 Å². The standard InChI is InChI=1S/C19H24N2O2/c1-12-19(2,16-10-13-7-8-15(16)9-13)18(23)21(20-12)11-17(22)14-5-3-4-6-14/h3-5,13,15-16H,6-11H2,1-2H3/t13?,15?,16-,19?/m1/s1. The highest BCUT2D eigenvalue weighted by Gasteiger charge is 2.57. The van der Waals surface area contributed by atoms with E-state index in [1.54, 1.807) is 0 Å². The van der Waals surface area contributed by atoms with E-state index in [0.29, 0.717) is 18.3 Å². The van der Waals surface area contributed by atoms with Gasteiger partial charge in [-0.1, -0.05) is 24.6 Å². The first-order chi connectivity index (χ1) is 11.0. The molecule has 0 N–H and O–H groups in total. The Morgan fingerprint density at radius 1 is 1.39 bits per heavy atom. The molecule has 3 unspecified atom stereocenters. The highest BCUT2D eigenvalue weighted by molar-refractivity contribution is 6.12. The first kappa shape index (κ1) is 14.9. The fourth-order valence-corrected chi connectivity index (χ4v) is 5.13. The number of carbonyl (C=O) groups is 2. The third kappa shape index (κ3) is 2.14. The summed E-state index contributed by atoms with van der Waals surface area (Å²) in [5, 5.41) is 5.93. The Balaban J connectivity index is 1.52. The average Bonchev–Trinajstić information content (AvgIpc) is 3.30. The van der Waals surface area contributed by atoms with Gasteiger partial charge < -0.3 is 0 Å². The van der Waals surface area contributed by atoms with Crippen LogP contribution < -0.4 is 0 Å². The molecular weight excluding hydrogens is 288 g/mol. The molecule has 3 aliphatic carbocycles. The van der Waals surface area contributed by atoms with E-state index in [-0.39, 0.29) is 18.2 Å². The Hall–Kier alpha value is -1.71. The zero-order chi connectivity index (χ0) is 16.2. The molecule has 0 aromatic rings. The van der Waals surface area contributed by atoms with E-state index in [4.69, 9.17) is 0 Å². The van der Waals surface area contributed by atoms with Crippen LogP contribution in [0.15, 0.2) is 28.9 Å². The van der Waals surface area contributed by atoms with Crippen molar-refractivity contribution in [2.24, 2.45) is 28.3 Å². The minimum absolute atomic E-state index is 0.0112. The lowest BCUT2D eigenvalue weighted by Gasteiger charge is -2.35. The number of hydrogen-bond donors (Lipinski definition) is 0. The topological polar surface area (TPSA) is 49.7 Å². The maximum Gasteiger partial charge on any atom is 0.255 e. The van der Waals surface area contributed by atoms with Gasteiger partial charge in [0.2, 0.25) is 0 Å². The van der Waals surface area contributed by atoms with Gasteiger partial charge in [0.1, 0.15) is 6.54 Å². The van der Waals surface area contributed by atoms with Crippen LogP contribution in [0, 0.1) is 23.2 Å². The molecule has 23 heavy (non-hydrogen) atoms. The van der Waals surface area contributed by atoms with Gasteiger partial charge in [0.05, 0.1) is 11.1 Å². The molecule has 0 spiro atoms. The van der Waals surface area contributed by atoms with Crippen molar-refractivity contribution in [3.63, 3.8) is 0 Å². The Kier molecular flexibility index (Phi) is 3.33. The molecule has 4 atom stereocenters. The number of rotatable bonds is 4. The van der Waals surface area contributed by atoms with Gasteiger partial charge in [-0.2, -0.15) is 5.10 Å². The second-order valence-electron chi connectivity index (χ2n) is 7.78. The second kappa shape index (κ2) is 5.15. The zero-order valence-electron chi connectivity index (χ0n) is 13.9. The van der Waals surface area contributed by atoms with Gasteiger partial charge in [-0.15, -0.1) is 0 Å². The summed E-state index contributed by atoms with van der Waals surface area (Å²) in [6, 6.07) is 0. The third-order valence-electron chi connectivity index (χ3n) is 6.60.